The minimum absolute atomic E-state index is 0.133. The number of hydrogen-bond donors (Lipinski definition) is 1. The molecule has 9 heteroatoms. The minimum atomic E-state index is -0.301. The maximum atomic E-state index is 13.1. The van der Waals surface area contributed by atoms with Crippen LogP contribution in [0.2, 0.25) is 0 Å². The number of carbonyl (C=O) groups excluding carboxylic acids is 2. The molecular weight excluding hydrogens is 405 g/mol. The van der Waals surface area contributed by atoms with Gasteiger partial charge in [0.15, 0.2) is 11.0 Å². The lowest BCUT2D eigenvalue weighted by Gasteiger charge is -2.20. The zero-order valence-electron chi connectivity index (χ0n) is 17.4. The number of likely N-dealkylation sites (tertiary alicyclic amines) is 1. The van der Waals surface area contributed by atoms with Crippen LogP contribution in [0.5, 0.6) is 0 Å². The Morgan fingerprint density at radius 3 is 2.73 bits per heavy atom. The molecule has 2 aromatic rings. The largest absolute Gasteiger partial charge is 0.349 e. The van der Waals surface area contributed by atoms with E-state index in [9.17, 15) is 14.0 Å². The molecule has 30 heavy (non-hydrogen) atoms. The molecule has 1 saturated heterocycles. The van der Waals surface area contributed by atoms with E-state index in [2.05, 4.69) is 15.5 Å². The second-order valence-electron chi connectivity index (χ2n) is 7.40. The summed E-state index contributed by atoms with van der Waals surface area (Å²) in [5.41, 5.74) is 0.843. The Labute approximate surface area is 180 Å². The fourth-order valence-corrected chi connectivity index (χ4v) is 4.32. The first kappa shape index (κ1) is 22.3. The summed E-state index contributed by atoms with van der Waals surface area (Å²) < 4.78 is 15.0. The molecule has 3 rings (SSSR count). The summed E-state index contributed by atoms with van der Waals surface area (Å²) in [6, 6.07) is 5.88. The summed E-state index contributed by atoms with van der Waals surface area (Å²) in [6.45, 7) is 5.73. The fourth-order valence-electron chi connectivity index (χ4n) is 3.48. The molecule has 7 nitrogen and oxygen atoms in total. The van der Waals surface area contributed by atoms with Gasteiger partial charge in [0.2, 0.25) is 11.8 Å². The van der Waals surface area contributed by atoms with E-state index in [-0.39, 0.29) is 29.4 Å². The highest BCUT2D eigenvalue weighted by Gasteiger charge is 2.21. The number of thioether (sulfide) groups is 1. The van der Waals surface area contributed by atoms with Crippen molar-refractivity contribution in [3.05, 3.63) is 41.5 Å². The second kappa shape index (κ2) is 10.6. The molecule has 1 aromatic carbocycles. The van der Waals surface area contributed by atoms with Crippen LogP contribution in [0.1, 0.15) is 57.0 Å². The van der Waals surface area contributed by atoms with Crippen molar-refractivity contribution in [1.29, 1.82) is 0 Å². The van der Waals surface area contributed by atoms with E-state index in [1.807, 2.05) is 23.3 Å². The highest BCUT2D eigenvalue weighted by atomic mass is 32.2. The van der Waals surface area contributed by atoms with Gasteiger partial charge in [-0.25, -0.2) is 4.39 Å². The van der Waals surface area contributed by atoms with Gasteiger partial charge in [-0.3, -0.25) is 9.59 Å². The Kier molecular flexibility index (Phi) is 7.84. The zero-order valence-corrected chi connectivity index (χ0v) is 18.3. The number of halogens is 1. The van der Waals surface area contributed by atoms with Crippen LogP contribution in [0.25, 0.3) is 0 Å². The molecule has 1 atom stereocenters. The van der Waals surface area contributed by atoms with Crippen molar-refractivity contribution in [2.75, 3.05) is 12.3 Å². The first-order valence-electron chi connectivity index (χ1n) is 10.4. The highest BCUT2D eigenvalue weighted by molar-refractivity contribution is 7.99. The number of nitrogens with one attached hydrogen (secondary N) is 1. The summed E-state index contributed by atoms with van der Waals surface area (Å²) in [5.74, 6) is 0.680. The normalized spacial score (nSPS) is 15.7. The third-order valence-corrected chi connectivity index (χ3v) is 6.16. The average Bonchev–Trinajstić information content (AvgIpc) is 3.00. The van der Waals surface area contributed by atoms with Gasteiger partial charge >= 0.3 is 0 Å². The van der Waals surface area contributed by atoms with Gasteiger partial charge in [0.25, 0.3) is 0 Å². The molecule has 1 aliphatic rings. The smallest absolute Gasteiger partial charge is 0.230 e. The van der Waals surface area contributed by atoms with Gasteiger partial charge in [-0.2, -0.15) is 0 Å². The Morgan fingerprint density at radius 1 is 1.23 bits per heavy atom. The van der Waals surface area contributed by atoms with E-state index < -0.39 is 0 Å². The number of benzene rings is 1. The van der Waals surface area contributed by atoms with E-state index in [4.69, 9.17) is 0 Å². The molecule has 162 valence electrons. The summed E-state index contributed by atoms with van der Waals surface area (Å²) in [7, 11) is 0. The molecule has 1 aliphatic heterocycles. The third kappa shape index (κ3) is 5.81. The first-order chi connectivity index (χ1) is 14.5. The topological polar surface area (TPSA) is 80.1 Å². The minimum Gasteiger partial charge on any atom is -0.349 e. The van der Waals surface area contributed by atoms with Gasteiger partial charge in [-0.15, -0.1) is 10.2 Å². The van der Waals surface area contributed by atoms with Crippen LogP contribution in [0.15, 0.2) is 29.4 Å². The molecule has 1 fully saturated rings. The van der Waals surface area contributed by atoms with Gasteiger partial charge in [-0.05, 0) is 44.4 Å². The molecule has 1 aromatic heterocycles. The lowest BCUT2D eigenvalue weighted by molar-refractivity contribution is -0.131. The maximum Gasteiger partial charge on any atom is 0.230 e. The number of nitrogens with zero attached hydrogens (tertiary/aromatic N) is 4. The Bertz CT molecular complexity index is 871. The number of hydrogen-bond acceptors (Lipinski definition) is 5. The second-order valence-corrected chi connectivity index (χ2v) is 8.34. The van der Waals surface area contributed by atoms with Crippen molar-refractivity contribution in [1.82, 2.24) is 25.0 Å². The molecule has 0 radical (unpaired) electrons. The predicted octanol–water partition coefficient (Wildman–Crippen LogP) is 3.31. The predicted molar refractivity (Wildman–Crippen MR) is 113 cm³/mol. The Balaban J connectivity index is 1.56. The highest BCUT2D eigenvalue weighted by Crippen LogP contribution is 2.20. The summed E-state index contributed by atoms with van der Waals surface area (Å²) in [5, 5.41) is 12.1. The van der Waals surface area contributed by atoms with Crippen LogP contribution in [0.4, 0.5) is 4.39 Å². The van der Waals surface area contributed by atoms with Crippen molar-refractivity contribution in [2.24, 2.45) is 0 Å². The summed E-state index contributed by atoms with van der Waals surface area (Å²) in [6.07, 6.45) is 3.63. The molecule has 2 amide bonds. The number of rotatable bonds is 8. The van der Waals surface area contributed by atoms with Crippen molar-refractivity contribution in [2.45, 2.75) is 63.8 Å². The molecule has 0 unspecified atom stereocenters. The molecule has 0 aliphatic carbocycles. The lowest BCUT2D eigenvalue weighted by atomic mass is 10.1. The molecule has 2 heterocycles. The quantitative estimate of drug-likeness (QED) is 0.646. The molecule has 0 saturated carbocycles. The van der Waals surface area contributed by atoms with Crippen LogP contribution in [-0.4, -0.2) is 43.8 Å². The van der Waals surface area contributed by atoms with Crippen molar-refractivity contribution in [3.63, 3.8) is 0 Å². The van der Waals surface area contributed by atoms with Gasteiger partial charge in [0, 0.05) is 19.5 Å². The monoisotopic (exact) mass is 433 g/mol. The molecule has 1 N–H and O–H groups in total. The van der Waals surface area contributed by atoms with Crippen LogP contribution in [-0.2, 0) is 22.7 Å². The Hall–Kier alpha value is -2.42. The molecule has 0 bridgehead atoms. The van der Waals surface area contributed by atoms with Crippen molar-refractivity contribution in [3.8, 4) is 0 Å². The van der Waals surface area contributed by atoms with E-state index in [0.29, 0.717) is 24.7 Å². The van der Waals surface area contributed by atoms with Gasteiger partial charge < -0.3 is 14.8 Å². The fraction of sp³-hybridized carbons (Fsp3) is 0.524. The summed E-state index contributed by atoms with van der Waals surface area (Å²) >= 11 is 1.32. The average molecular weight is 434 g/mol. The van der Waals surface area contributed by atoms with E-state index >= 15 is 0 Å². The van der Waals surface area contributed by atoms with E-state index in [1.165, 1.54) is 23.9 Å². The van der Waals surface area contributed by atoms with Crippen LogP contribution >= 0.6 is 11.8 Å². The molecule has 0 spiro atoms. The standard InChI is InChI=1S/C21H28FN5O2S/c1-3-27-18(13-26-12-6-4-5-7-20(26)29)24-25-21(27)30-14-19(28)23-15(2)16-8-10-17(22)11-9-16/h8-11,15H,3-7,12-14H2,1-2H3,(H,23,28)/t15-/m0/s1. The SMILES string of the molecule is CCn1c(CN2CCCCCC2=O)nnc1SCC(=O)N[C@@H](C)c1ccc(F)cc1. The van der Waals surface area contributed by atoms with Crippen molar-refractivity contribution < 1.29 is 14.0 Å². The number of aromatic nitrogens is 3. The lowest BCUT2D eigenvalue weighted by Crippen LogP contribution is -2.31. The summed E-state index contributed by atoms with van der Waals surface area (Å²) in [4.78, 5) is 26.5. The van der Waals surface area contributed by atoms with Gasteiger partial charge in [0.05, 0.1) is 18.3 Å². The Morgan fingerprint density at radius 2 is 2.00 bits per heavy atom. The number of amides is 2. The van der Waals surface area contributed by atoms with E-state index in [1.54, 1.807) is 12.1 Å². The molecular formula is C21H28FN5O2S. The van der Waals surface area contributed by atoms with Crippen LogP contribution in [0.3, 0.4) is 0 Å². The van der Waals surface area contributed by atoms with Crippen LogP contribution in [0, 0.1) is 5.82 Å². The van der Waals surface area contributed by atoms with Gasteiger partial charge in [0.1, 0.15) is 5.82 Å². The third-order valence-electron chi connectivity index (χ3n) is 5.19. The van der Waals surface area contributed by atoms with Crippen LogP contribution < -0.4 is 5.32 Å². The maximum absolute atomic E-state index is 13.1. The van der Waals surface area contributed by atoms with Gasteiger partial charge in [-0.1, -0.05) is 30.3 Å². The zero-order chi connectivity index (χ0) is 21.5. The van der Waals surface area contributed by atoms with Crippen molar-refractivity contribution >= 4 is 23.6 Å². The number of carbonyl (C=O) groups is 2. The van der Waals surface area contributed by atoms with E-state index in [0.717, 1.165) is 37.2 Å². The first-order valence-corrected chi connectivity index (χ1v) is 11.3.